The minimum absolute atomic E-state index is 0. The van der Waals surface area contributed by atoms with Crippen LogP contribution in [-0.2, 0) is 14.3 Å². The summed E-state index contributed by atoms with van der Waals surface area (Å²) in [5.41, 5.74) is -0.385. The van der Waals surface area contributed by atoms with Crippen LogP contribution in [0.1, 0.15) is 27.2 Å². The molecule has 1 amide bonds. The van der Waals surface area contributed by atoms with Gasteiger partial charge >= 0.3 is 5.97 Å². The number of rotatable bonds is 2. The number of hydrogen-bond acceptors (Lipinski definition) is 4. The van der Waals surface area contributed by atoms with Crippen molar-refractivity contribution in [1.82, 2.24) is 5.01 Å². The van der Waals surface area contributed by atoms with Gasteiger partial charge in [0.05, 0.1) is 24.5 Å². The molecule has 5 nitrogen and oxygen atoms in total. The molecule has 0 aromatic rings. The van der Waals surface area contributed by atoms with Crippen molar-refractivity contribution >= 4 is 24.3 Å². The van der Waals surface area contributed by atoms with Gasteiger partial charge in [-0.1, -0.05) is 6.92 Å². The predicted molar refractivity (Wildman–Crippen MR) is 61.6 cm³/mol. The molecule has 0 bridgehead atoms. The van der Waals surface area contributed by atoms with E-state index in [0.29, 0.717) is 6.42 Å². The summed E-state index contributed by atoms with van der Waals surface area (Å²) in [5.74, 6) is 4.32. The molecule has 16 heavy (non-hydrogen) atoms. The molecule has 1 aliphatic rings. The SMILES string of the molecule is COC(=O)C(C)C1CC(C)(C)N(N)C1=O.Cl. The minimum Gasteiger partial charge on any atom is -0.469 e. The summed E-state index contributed by atoms with van der Waals surface area (Å²) >= 11 is 0. The Balaban J connectivity index is 0.00000225. The van der Waals surface area contributed by atoms with E-state index in [1.165, 1.54) is 12.1 Å². The first-order valence-corrected chi connectivity index (χ1v) is 4.98. The summed E-state index contributed by atoms with van der Waals surface area (Å²) in [6.45, 7) is 5.47. The van der Waals surface area contributed by atoms with Crippen LogP contribution in [0.5, 0.6) is 0 Å². The van der Waals surface area contributed by atoms with Gasteiger partial charge in [0.2, 0.25) is 5.91 Å². The van der Waals surface area contributed by atoms with E-state index in [2.05, 4.69) is 4.74 Å². The van der Waals surface area contributed by atoms with Crippen LogP contribution in [0.3, 0.4) is 0 Å². The third kappa shape index (κ3) is 2.47. The number of nitrogens with two attached hydrogens (primary N) is 1. The standard InChI is InChI=1S/C10H18N2O3.ClH/c1-6(9(14)15-4)7-5-10(2,3)12(11)8(7)13;/h6-7H,5,11H2,1-4H3;1H. The van der Waals surface area contributed by atoms with Crippen molar-refractivity contribution < 1.29 is 14.3 Å². The minimum atomic E-state index is -0.435. The first kappa shape index (κ1) is 15.2. The van der Waals surface area contributed by atoms with E-state index in [1.807, 2.05) is 13.8 Å². The third-order valence-electron chi connectivity index (χ3n) is 3.10. The van der Waals surface area contributed by atoms with Gasteiger partial charge in [-0.05, 0) is 20.3 Å². The van der Waals surface area contributed by atoms with Crippen LogP contribution >= 0.6 is 12.4 Å². The molecular weight excluding hydrogens is 232 g/mol. The Kier molecular flexibility index (Phi) is 4.76. The Morgan fingerprint density at radius 2 is 2.12 bits per heavy atom. The molecule has 0 saturated carbocycles. The summed E-state index contributed by atoms with van der Waals surface area (Å²) < 4.78 is 4.63. The zero-order chi connectivity index (χ0) is 11.8. The molecule has 0 radical (unpaired) electrons. The van der Waals surface area contributed by atoms with E-state index in [4.69, 9.17) is 5.84 Å². The number of esters is 1. The average molecular weight is 251 g/mol. The number of amides is 1. The van der Waals surface area contributed by atoms with Gasteiger partial charge < -0.3 is 4.74 Å². The van der Waals surface area contributed by atoms with E-state index in [1.54, 1.807) is 6.92 Å². The second-order valence-corrected chi connectivity index (χ2v) is 4.64. The van der Waals surface area contributed by atoms with E-state index in [0.717, 1.165) is 0 Å². The van der Waals surface area contributed by atoms with Crippen molar-refractivity contribution in [1.29, 1.82) is 0 Å². The van der Waals surface area contributed by atoms with Crippen LogP contribution in [0.15, 0.2) is 0 Å². The maximum atomic E-state index is 11.8. The second kappa shape index (κ2) is 5.01. The lowest BCUT2D eigenvalue weighted by Crippen LogP contribution is -2.46. The van der Waals surface area contributed by atoms with Crippen molar-refractivity contribution in [3.8, 4) is 0 Å². The van der Waals surface area contributed by atoms with E-state index < -0.39 is 5.92 Å². The van der Waals surface area contributed by atoms with Gasteiger partial charge in [-0.2, -0.15) is 0 Å². The van der Waals surface area contributed by atoms with Gasteiger partial charge in [-0.3, -0.25) is 14.6 Å². The van der Waals surface area contributed by atoms with Crippen molar-refractivity contribution in [3.05, 3.63) is 0 Å². The third-order valence-corrected chi connectivity index (χ3v) is 3.10. The summed E-state index contributed by atoms with van der Waals surface area (Å²) in [6.07, 6.45) is 0.582. The predicted octanol–water partition coefficient (Wildman–Crippen LogP) is 0.718. The summed E-state index contributed by atoms with van der Waals surface area (Å²) in [4.78, 5) is 23.1. The first-order chi connectivity index (χ1) is 6.81. The Bertz CT molecular complexity index is 294. The van der Waals surface area contributed by atoms with E-state index in [9.17, 15) is 9.59 Å². The normalized spacial score (nSPS) is 24.9. The Labute approximate surface area is 102 Å². The van der Waals surface area contributed by atoms with Crippen LogP contribution in [0.4, 0.5) is 0 Å². The van der Waals surface area contributed by atoms with Gasteiger partial charge in [0.25, 0.3) is 0 Å². The summed E-state index contributed by atoms with van der Waals surface area (Å²) in [6, 6.07) is 0. The highest BCUT2D eigenvalue weighted by Crippen LogP contribution is 2.35. The molecule has 1 fully saturated rings. The monoisotopic (exact) mass is 250 g/mol. The highest BCUT2D eigenvalue weighted by molar-refractivity contribution is 5.87. The molecule has 1 aliphatic heterocycles. The number of ether oxygens (including phenoxy) is 1. The van der Waals surface area contributed by atoms with Gasteiger partial charge in [-0.25, -0.2) is 5.84 Å². The zero-order valence-electron chi connectivity index (χ0n) is 10.0. The maximum absolute atomic E-state index is 11.8. The molecule has 0 aliphatic carbocycles. The molecule has 2 atom stereocenters. The number of methoxy groups -OCH3 is 1. The Morgan fingerprint density at radius 3 is 2.44 bits per heavy atom. The van der Waals surface area contributed by atoms with Gasteiger partial charge in [0.15, 0.2) is 0 Å². The van der Waals surface area contributed by atoms with Crippen molar-refractivity contribution in [2.75, 3.05) is 7.11 Å². The quantitative estimate of drug-likeness (QED) is 0.445. The smallest absolute Gasteiger partial charge is 0.309 e. The van der Waals surface area contributed by atoms with E-state index >= 15 is 0 Å². The fraction of sp³-hybridized carbons (Fsp3) is 0.800. The molecule has 1 heterocycles. The van der Waals surface area contributed by atoms with Gasteiger partial charge in [0.1, 0.15) is 0 Å². The molecule has 0 spiro atoms. The number of carbonyl (C=O) groups is 2. The molecular formula is C10H19ClN2O3. The van der Waals surface area contributed by atoms with Crippen LogP contribution < -0.4 is 5.84 Å². The fourth-order valence-corrected chi connectivity index (χ4v) is 1.94. The fourth-order valence-electron chi connectivity index (χ4n) is 1.94. The second-order valence-electron chi connectivity index (χ2n) is 4.64. The maximum Gasteiger partial charge on any atom is 0.309 e. The molecule has 6 heteroatoms. The largest absolute Gasteiger partial charge is 0.469 e. The van der Waals surface area contributed by atoms with E-state index in [-0.39, 0.29) is 35.7 Å². The number of hydrazine groups is 1. The summed E-state index contributed by atoms with van der Waals surface area (Å²) in [7, 11) is 1.32. The molecule has 0 aromatic heterocycles. The molecule has 1 saturated heterocycles. The first-order valence-electron chi connectivity index (χ1n) is 4.98. The lowest BCUT2D eigenvalue weighted by atomic mass is 9.87. The van der Waals surface area contributed by atoms with Crippen LogP contribution in [0.2, 0.25) is 0 Å². The topological polar surface area (TPSA) is 72.6 Å². The molecule has 2 N–H and O–H groups in total. The van der Waals surface area contributed by atoms with Crippen LogP contribution in [-0.4, -0.2) is 29.5 Å². The molecule has 1 rings (SSSR count). The molecule has 94 valence electrons. The number of carbonyl (C=O) groups excluding carboxylic acids is 2. The van der Waals surface area contributed by atoms with Gasteiger partial charge in [0, 0.05) is 0 Å². The van der Waals surface area contributed by atoms with Crippen LogP contribution in [0.25, 0.3) is 0 Å². The number of nitrogens with zero attached hydrogens (tertiary/aromatic N) is 1. The van der Waals surface area contributed by atoms with Gasteiger partial charge in [-0.15, -0.1) is 12.4 Å². The lowest BCUT2D eigenvalue weighted by Gasteiger charge is -2.26. The number of halogens is 1. The lowest BCUT2D eigenvalue weighted by molar-refractivity contribution is -0.150. The Hall–Kier alpha value is -0.810. The van der Waals surface area contributed by atoms with Crippen molar-refractivity contribution in [2.45, 2.75) is 32.7 Å². The molecule has 0 aromatic carbocycles. The average Bonchev–Trinajstić information content (AvgIpc) is 2.40. The van der Waals surface area contributed by atoms with Crippen molar-refractivity contribution in [2.24, 2.45) is 17.7 Å². The van der Waals surface area contributed by atoms with Crippen LogP contribution in [0, 0.1) is 11.8 Å². The highest BCUT2D eigenvalue weighted by Gasteiger charge is 2.47. The summed E-state index contributed by atoms with van der Waals surface area (Å²) in [5, 5.41) is 1.22. The van der Waals surface area contributed by atoms with Crippen molar-refractivity contribution in [3.63, 3.8) is 0 Å². The molecule has 2 unspecified atom stereocenters. The Morgan fingerprint density at radius 1 is 1.62 bits per heavy atom. The zero-order valence-corrected chi connectivity index (χ0v) is 10.8. The highest BCUT2D eigenvalue weighted by atomic mass is 35.5. The number of hydrogen-bond donors (Lipinski definition) is 1.